The van der Waals surface area contributed by atoms with E-state index in [2.05, 4.69) is 0 Å². The van der Waals surface area contributed by atoms with Crippen molar-refractivity contribution in [3.8, 4) is 0 Å². The van der Waals surface area contributed by atoms with Gasteiger partial charge in [0.2, 0.25) is 19.2 Å². The van der Waals surface area contributed by atoms with E-state index in [0.717, 1.165) is 0 Å². The van der Waals surface area contributed by atoms with Gasteiger partial charge in [0.1, 0.15) is 0 Å². The molecular weight excluding hydrogens is 121 g/mol. The molecule has 0 fully saturated rings. The summed E-state index contributed by atoms with van der Waals surface area (Å²) in [6, 6.07) is 0. The van der Waals surface area contributed by atoms with Crippen molar-refractivity contribution in [1.29, 1.82) is 0 Å². The first kappa shape index (κ1) is 10.7. The number of hydrogen-bond donors (Lipinski definition) is 0. The first-order chi connectivity index (χ1) is 3.35. The van der Waals surface area contributed by atoms with Crippen LogP contribution >= 0.6 is 0 Å². The van der Waals surface area contributed by atoms with Crippen molar-refractivity contribution in [2.45, 2.75) is 0 Å². The molecule has 0 aromatic carbocycles. The molecule has 4 nitrogen and oxygen atoms in total. The number of imide groups is 3. The summed E-state index contributed by atoms with van der Waals surface area (Å²) < 4.78 is 0. The van der Waals surface area contributed by atoms with Crippen LogP contribution in [0.1, 0.15) is 0 Å². The third kappa shape index (κ3) is 3.98. The van der Waals surface area contributed by atoms with E-state index in [9.17, 15) is 14.4 Å². The Morgan fingerprint density at radius 3 is 1.12 bits per heavy atom. The molecule has 0 aromatic rings. The second-order valence-electron chi connectivity index (χ2n) is 0.763. The second-order valence-corrected chi connectivity index (χ2v) is 0.763. The summed E-state index contributed by atoms with van der Waals surface area (Å²) in [6.07, 6.45) is 0.375. The summed E-state index contributed by atoms with van der Waals surface area (Å²) in [5.74, 6) is 0. The minimum absolute atomic E-state index is 0. The number of hydrogen-bond acceptors (Lipinski definition) is 3. The van der Waals surface area contributed by atoms with E-state index in [4.69, 9.17) is 0 Å². The monoisotopic (exact) mass is 125 g/mol. The number of nitrogens with zero attached hydrogens (tertiary/aromatic N) is 1. The predicted molar refractivity (Wildman–Crippen MR) is 27.2 cm³/mol. The summed E-state index contributed by atoms with van der Waals surface area (Å²) in [6.45, 7) is 0. The summed E-state index contributed by atoms with van der Waals surface area (Å²) in [4.78, 5) is 28.6. The normalized spacial score (nSPS) is 6.00. The second kappa shape index (κ2) is 6.81. The third-order valence-electron chi connectivity index (χ3n) is 0.365. The van der Waals surface area contributed by atoms with Crippen LogP contribution in [-0.4, -0.2) is 53.7 Å². The molecular formula is C3H4NNaO3. The van der Waals surface area contributed by atoms with Gasteiger partial charge < -0.3 is 0 Å². The van der Waals surface area contributed by atoms with Gasteiger partial charge in [-0.15, -0.1) is 0 Å². The van der Waals surface area contributed by atoms with Crippen LogP contribution in [0.3, 0.4) is 0 Å². The maximum absolute atomic E-state index is 9.43. The molecule has 0 spiro atoms. The van der Waals surface area contributed by atoms with Gasteiger partial charge in [0.15, 0.2) is 0 Å². The topological polar surface area (TPSA) is 54.5 Å². The van der Waals surface area contributed by atoms with Crippen LogP contribution in [0.25, 0.3) is 0 Å². The van der Waals surface area contributed by atoms with Crippen molar-refractivity contribution in [3.05, 3.63) is 0 Å². The molecule has 0 unspecified atom stereocenters. The van der Waals surface area contributed by atoms with Gasteiger partial charge in [-0.05, 0) is 0 Å². The van der Waals surface area contributed by atoms with E-state index in [1.54, 1.807) is 0 Å². The summed E-state index contributed by atoms with van der Waals surface area (Å²) in [5.41, 5.74) is 0. The van der Waals surface area contributed by atoms with E-state index in [1.165, 1.54) is 0 Å². The quantitative estimate of drug-likeness (QED) is 0.327. The van der Waals surface area contributed by atoms with Gasteiger partial charge in [-0.1, -0.05) is 0 Å². The van der Waals surface area contributed by atoms with E-state index in [-0.39, 0.29) is 48.8 Å². The Labute approximate surface area is 68.1 Å². The first-order valence-electron chi connectivity index (χ1n) is 1.48. The van der Waals surface area contributed by atoms with Crippen LogP contribution in [0.2, 0.25) is 0 Å². The van der Waals surface area contributed by atoms with Crippen molar-refractivity contribution >= 4 is 48.8 Å². The number of amides is 3. The third-order valence-corrected chi connectivity index (χ3v) is 0.365. The molecule has 3 amide bonds. The van der Waals surface area contributed by atoms with E-state index >= 15 is 0 Å². The average molecular weight is 125 g/mol. The molecule has 0 saturated heterocycles. The minimum atomic E-state index is 0. The van der Waals surface area contributed by atoms with Crippen molar-refractivity contribution in [1.82, 2.24) is 4.90 Å². The van der Waals surface area contributed by atoms with E-state index in [1.807, 2.05) is 0 Å². The molecule has 0 bridgehead atoms. The molecule has 0 rings (SSSR count). The van der Waals surface area contributed by atoms with E-state index < -0.39 is 0 Å². The zero-order valence-corrected chi connectivity index (χ0v) is 3.40. The van der Waals surface area contributed by atoms with Gasteiger partial charge in [0.05, 0.1) is 0 Å². The van der Waals surface area contributed by atoms with Crippen LogP contribution in [0, 0.1) is 0 Å². The molecule has 0 heterocycles. The van der Waals surface area contributed by atoms with Crippen LogP contribution in [-0.2, 0) is 14.4 Å². The Balaban J connectivity index is 0. The van der Waals surface area contributed by atoms with Crippen LogP contribution in [0.15, 0.2) is 0 Å². The van der Waals surface area contributed by atoms with Crippen molar-refractivity contribution < 1.29 is 14.4 Å². The van der Waals surface area contributed by atoms with Crippen molar-refractivity contribution in [2.24, 2.45) is 0 Å². The fourth-order valence-electron chi connectivity index (χ4n) is 0.0745. The summed E-state index contributed by atoms with van der Waals surface area (Å²) in [7, 11) is 0. The van der Waals surface area contributed by atoms with Gasteiger partial charge >= 0.3 is 29.6 Å². The van der Waals surface area contributed by atoms with Crippen LogP contribution < -0.4 is 0 Å². The average Bonchev–Trinajstić information content (AvgIpc) is 1.72. The summed E-state index contributed by atoms with van der Waals surface area (Å²) in [5, 5.41) is 0. The van der Waals surface area contributed by atoms with Crippen molar-refractivity contribution in [3.63, 3.8) is 0 Å². The molecule has 0 aromatic heterocycles. The molecule has 0 saturated carbocycles. The first-order valence-corrected chi connectivity index (χ1v) is 1.48. The van der Waals surface area contributed by atoms with Gasteiger partial charge in [0.25, 0.3) is 0 Å². The molecule has 0 atom stereocenters. The van der Waals surface area contributed by atoms with Gasteiger partial charge in [-0.2, -0.15) is 0 Å². The predicted octanol–water partition coefficient (Wildman–Crippen LogP) is -1.89. The van der Waals surface area contributed by atoms with Crippen LogP contribution in [0.4, 0.5) is 0 Å². The van der Waals surface area contributed by atoms with Crippen molar-refractivity contribution in [2.75, 3.05) is 0 Å². The fraction of sp³-hybridized carbons (Fsp3) is 0. The van der Waals surface area contributed by atoms with Crippen LogP contribution in [0.5, 0.6) is 0 Å². The molecule has 0 aliphatic rings. The maximum atomic E-state index is 9.43. The molecule has 0 aliphatic carbocycles. The Morgan fingerprint density at radius 1 is 0.875 bits per heavy atom. The van der Waals surface area contributed by atoms with Gasteiger partial charge in [0, 0.05) is 0 Å². The summed E-state index contributed by atoms with van der Waals surface area (Å²) >= 11 is 0. The Morgan fingerprint density at radius 2 is 1.12 bits per heavy atom. The molecule has 0 N–H and O–H groups in total. The number of carbonyl (C=O) groups is 3. The standard InChI is InChI=1S/C3H3NO3.Na.H/c5-1-4(2-6)3-7;;/h1-3H;;. The van der Waals surface area contributed by atoms with Gasteiger partial charge in [-0.25, -0.2) is 4.90 Å². The molecule has 0 radical (unpaired) electrons. The molecule has 5 heteroatoms. The molecule has 8 heavy (non-hydrogen) atoms. The fourth-order valence-corrected chi connectivity index (χ4v) is 0.0745. The molecule has 0 aliphatic heterocycles. The van der Waals surface area contributed by atoms with Gasteiger partial charge in [-0.3, -0.25) is 14.4 Å². The molecule has 40 valence electrons. The Hall–Kier alpha value is -0.190. The Bertz CT molecular complexity index is 75.5. The SMILES string of the molecule is O=CN(C=O)C=O.[NaH]. The number of rotatable bonds is 3. The Kier molecular flexibility index (Phi) is 9.13. The van der Waals surface area contributed by atoms with E-state index in [0.29, 0.717) is 4.90 Å². The zero-order valence-electron chi connectivity index (χ0n) is 3.40. The zero-order chi connectivity index (χ0) is 5.70. The number of carbonyl (C=O) groups excluding carboxylic acids is 3.